The molecule has 1 aliphatic heterocycles. The molecular formula is C29H35FN4O3. The van der Waals surface area contributed by atoms with E-state index in [1.54, 1.807) is 18.2 Å². The highest BCUT2D eigenvalue weighted by Crippen LogP contribution is 2.32. The number of carbonyl (C=O) groups is 3. The molecule has 0 spiro atoms. The maximum Gasteiger partial charge on any atom is 0.253 e. The van der Waals surface area contributed by atoms with Gasteiger partial charge in [0.25, 0.3) is 5.91 Å². The number of anilines is 2. The first-order chi connectivity index (χ1) is 18.0. The van der Waals surface area contributed by atoms with E-state index >= 15 is 0 Å². The van der Waals surface area contributed by atoms with Crippen molar-refractivity contribution in [2.45, 2.75) is 51.5 Å². The number of halogens is 1. The molecular weight excluding hydrogens is 471 g/mol. The van der Waals surface area contributed by atoms with Crippen molar-refractivity contribution >= 4 is 29.1 Å². The summed E-state index contributed by atoms with van der Waals surface area (Å²) in [4.78, 5) is 42.9. The van der Waals surface area contributed by atoms with Crippen LogP contribution in [0, 0.1) is 17.7 Å². The summed E-state index contributed by atoms with van der Waals surface area (Å²) in [5.41, 5.74) is 2.67. The number of carbonyl (C=O) groups excluding carboxylic acids is 3. The molecule has 2 aromatic rings. The van der Waals surface area contributed by atoms with Crippen molar-refractivity contribution in [3.8, 4) is 0 Å². The van der Waals surface area contributed by atoms with Crippen LogP contribution in [0.1, 0.15) is 60.9 Å². The van der Waals surface area contributed by atoms with Crippen molar-refractivity contribution in [2.75, 3.05) is 36.4 Å². The van der Waals surface area contributed by atoms with E-state index in [4.69, 9.17) is 0 Å². The summed E-state index contributed by atoms with van der Waals surface area (Å²) in [7, 11) is 0. The molecule has 1 heterocycles. The second-order valence-corrected chi connectivity index (χ2v) is 10.5. The lowest BCUT2D eigenvalue weighted by molar-refractivity contribution is -0.132. The van der Waals surface area contributed by atoms with Gasteiger partial charge in [0.15, 0.2) is 0 Å². The third kappa shape index (κ3) is 6.29. The lowest BCUT2D eigenvalue weighted by Gasteiger charge is -2.26. The molecule has 2 N–H and O–H groups in total. The second kappa shape index (κ2) is 11.3. The van der Waals surface area contributed by atoms with Gasteiger partial charge < -0.3 is 20.4 Å². The van der Waals surface area contributed by atoms with Gasteiger partial charge >= 0.3 is 0 Å². The van der Waals surface area contributed by atoms with E-state index in [1.165, 1.54) is 12.1 Å². The Morgan fingerprint density at radius 3 is 2.32 bits per heavy atom. The quantitative estimate of drug-likeness (QED) is 0.586. The Bertz CT molecular complexity index is 1140. The first-order valence-electron chi connectivity index (χ1n) is 13.5. The molecule has 7 nitrogen and oxygen atoms in total. The normalized spacial score (nSPS) is 18.4. The highest BCUT2D eigenvalue weighted by molar-refractivity contribution is 6.02. The smallest absolute Gasteiger partial charge is 0.253 e. The van der Waals surface area contributed by atoms with Crippen molar-refractivity contribution in [3.05, 3.63) is 59.4 Å². The van der Waals surface area contributed by atoms with Crippen molar-refractivity contribution in [3.63, 3.8) is 0 Å². The molecule has 0 atom stereocenters. The van der Waals surface area contributed by atoms with Crippen LogP contribution in [0.2, 0.25) is 0 Å². The highest BCUT2D eigenvalue weighted by atomic mass is 19.1. The molecule has 2 aromatic carbocycles. The number of nitrogens with one attached hydrogen (secondary N) is 2. The lowest BCUT2D eigenvalue weighted by Crippen LogP contribution is -2.36. The molecule has 3 fully saturated rings. The number of hydrogen-bond acceptors (Lipinski definition) is 4. The third-order valence-electron chi connectivity index (χ3n) is 7.68. The molecule has 1 saturated heterocycles. The minimum Gasteiger partial charge on any atom is -0.369 e. The summed E-state index contributed by atoms with van der Waals surface area (Å²) in [5.74, 6) is -0.0981. The van der Waals surface area contributed by atoms with E-state index in [-0.39, 0.29) is 41.9 Å². The zero-order valence-electron chi connectivity index (χ0n) is 21.2. The predicted octanol–water partition coefficient (Wildman–Crippen LogP) is 4.33. The van der Waals surface area contributed by atoms with E-state index in [0.29, 0.717) is 24.3 Å². The van der Waals surface area contributed by atoms with Crippen molar-refractivity contribution in [1.29, 1.82) is 0 Å². The van der Waals surface area contributed by atoms with Gasteiger partial charge in [0.2, 0.25) is 11.8 Å². The first kappa shape index (κ1) is 25.2. The van der Waals surface area contributed by atoms with Gasteiger partial charge in [0.05, 0.1) is 5.56 Å². The summed E-state index contributed by atoms with van der Waals surface area (Å²) < 4.78 is 13.3. The van der Waals surface area contributed by atoms with E-state index in [0.717, 1.165) is 69.3 Å². The average molecular weight is 507 g/mol. The molecule has 3 amide bonds. The standard InChI is InChI=1S/C29H35FN4O3/c30-23-10-6-20(7-11-23)19-31-28(36)25-18-24(32-27(35)21-4-1-2-5-21)12-13-26(25)33-14-3-15-34(17-16-33)29(37)22-8-9-22/h6-7,10-13,18,21-22H,1-5,8-9,14-17,19H2,(H,31,36)(H,32,35). The number of nitrogens with zero attached hydrogens (tertiary/aromatic N) is 2. The zero-order chi connectivity index (χ0) is 25.8. The fourth-order valence-corrected chi connectivity index (χ4v) is 5.35. The Balaban J connectivity index is 1.34. The van der Waals surface area contributed by atoms with Gasteiger partial charge in [-0.2, -0.15) is 0 Å². The van der Waals surface area contributed by atoms with Gasteiger partial charge in [0, 0.05) is 55.9 Å². The maximum atomic E-state index is 13.4. The number of benzene rings is 2. The average Bonchev–Trinajstić information content (AvgIpc) is 3.67. The molecule has 0 aromatic heterocycles. The number of rotatable bonds is 7. The van der Waals surface area contributed by atoms with Crippen LogP contribution in [0.5, 0.6) is 0 Å². The SMILES string of the molecule is O=C(NCc1ccc(F)cc1)c1cc(NC(=O)C2CCCC2)ccc1N1CCCN(C(=O)C2CC2)CC1. The molecule has 196 valence electrons. The van der Waals surface area contributed by atoms with E-state index in [1.807, 2.05) is 17.0 Å². The van der Waals surface area contributed by atoms with Gasteiger partial charge in [-0.15, -0.1) is 0 Å². The topological polar surface area (TPSA) is 81.8 Å². The summed E-state index contributed by atoms with van der Waals surface area (Å²) in [6.45, 7) is 3.01. The van der Waals surface area contributed by atoms with Crippen LogP contribution in [0.15, 0.2) is 42.5 Å². The minimum absolute atomic E-state index is 0.00641. The lowest BCUT2D eigenvalue weighted by atomic mass is 10.1. The molecule has 3 aliphatic rings. The fourth-order valence-electron chi connectivity index (χ4n) is 5.35. The van der Waals surface area contributed by atoms with Gasteiger partial charge in [-0.05, 0) is 68.0 Å². The summed E-state index contributed by atoms with van der Waals surface area (Å²) in [5, 5.41) is 5.96. The first-order valence-corrected chi connectivity index (χ1v) is 13.5. The second-order valence-electron chi connectivity index (χ2n) is 10.5. The Labute approximate surface area is 217 Å². The van der Waals surface area contributed by atoms with Gasteiger partial charge in [-0.1, -0.05) is 25.0 Å². The van der Waals surface area contributed by atoms with Gasteiger partial charge in [0.1, 0.15) is 5.82 Å². The molecule has 0 radical (unpaired) electrons. The number of hydrogen-bond donors (Lipinski definition) is 2. The van der Waals surface area contributed by atoms with Crippen molar-refractivity contribution in [1.82, 2.24) is 10.2 Å². The summed E-state index contributed by atoms with van der Waals surface area (Å²) >= 11 is 0. The molecule has 0 unspecified atom stereocenters. The Kier molecular flexibility index (Phi) is 7.72. The third-order valence-corrected chi connectivity index (χ3v) is 7.68. The fraction of sp³-hybridized carbons (Fsp3) is 0.483. The van der Waals surface area contributed by atoms with Gasteiger partial charge in [-0.3, -0.25) is 14.4 Å². The van der Waals surface area contributed by atoms with E-state index in [9.17, 15) is 18.8 Å². The Morgan fingerprint density at radius 2 is 1.59 bits per heavy atom. The summed E-state index contributed by atoms with van der Waals surface area (Å²) in [6.07, 6.45) is 6.76. The Morgan fingerprint density at radius 1 is 0.838 bits per heavy atom. The largest absolute Gasteiger partial charge is 0.369 e. The predicted molar refractivity (Wildman–Crippen MR) is 141 cm³/mol. The van der Waals surface area contributed by atoms with Crippen LogP contribution in [0.3, 0.4) is 0 Å². The van der Waals surface area contributed by atoms with Gasteiger partial charge in [-0.25, -0.2) is 4.39 Å². The zero-order valence-corrected chi connectivity index (χ0v) is 21.2. The maximum absolute atomic E-state index is 13.4. The van der Waals surface area contributed by atoms with E-state index < -0.39 is 0 Å². The van der Waals surface area contributed by atoms with Crippen LogP contribution >= 0.6 is 0 Å². The van der Waals surface area contributed by atoms with Crippen LogP contribution in [0.4, 0.5) is 15.8 Å². The molecule has 5 rings (SSSR count). The van der Waals surface area contributed by atoms with Crippen molar-refractivity contribution < 1.29 is 18.8 Å². The minimum atomic E-state index is -0.321. The monoisotopic (exact) mass is 506 g/mol. The molecule has 2 aliphatic carbocycles. The van der Waals surface area contributed by atoms with Crippen LogP contribution in [-0.2, 0) is 16.1 Å². The van der Waals surface area contributed by atoms with Crippen LogP contribution < -0.4 is 15.5 Å². The van der Waals surface area contributed by atoms with E-state index in [2.05, 4.69) is 15.5 Å². The van der Waals surface area contributed by atoms with Crippen molar-refractivity contribution in [2.24, 2.45) is 11.8 Å². The molecule has 2 saturated carbocycles. The van der Waals surface area contributed by atoms with Crippen LogP contribution in [0.25, 0.3) is 0 Å². The summed E-state index contributed by atoms with van der Waals surface area (Å²) in [6, 6.07) is 11.5. The van der Waals surface area contributed by atoms with Crippen LogP contribution in [-0.4, -0.2) is 48.8 Å². The Hall–Kier alpha value is -3.42. The number of amides is 3. The highest BCUT2D eigenvalue weighted by Gasteiger charge is 2.34. The molecule has 8 heteroatoms. The molecule has 37 heavy (non-hydrogen) atoms. The molecule has 0 bridgehead atoms.